The van der Waals surface area contributed by atoms with Crippen LogP contribution in [-0.4, -0.2) is 28.4 Å². The molecule has 0 unspecified atom stereocenters. The summed E-state index contributed by atoms with van der Waals surface area (Å²) in [5, 5.41) is 6.79. The van der Waals surface area contributed by atoms with Crippen molar-refractivity contribution in [3.63, 3.8) is 0 Å². The predicted molar refractivity (Wildman–Crippen MR) is 120 cm³/mol. The summed E-state index contributed by atoms with van der Waals surface area (Å²) in [6.07, 6.45) is 1.55. The molecule has 4 aromatic rings. The van der Waals surface area contributed by atoms with Crippen LogP contribution in [0.5, 0.6) is 11.5 Å². The van der Waals surface area contributed by atoms with Crippen molar-refractivity contribution in [1.29, 1.82) is 0 Å². The lowest BCUT2D eigenvalue weighted by molar-refractivity contribution is -0.113. The molecule has 1 aliphatic heterocycles. The van der Waals surface area contributed by atoms with Crippen molar-refractivity contribution in [2.75, 3.05) is 17.9 Å². The van der Waals surface area contributed by atoms with Crippen molar-refractivity contribution in [1.82, 2.24) is 9.97 Å². The second-order valence-corrected chi connectivity index (χ2v) is 8.60. The highest BCUT2D eigenvalue weighted by atomic mass is 32.2. The minimum absolute atomic E-state index is 0.113. The second-order valence-electron chi connectivity index (χ2n) is 6.78. The summed E-state index contributed by atoms with van der Waals surface area (Å²) < 4.78 is 10.7. The van der Waals surface area contributed by atoms with Crippen molar-refractivity contribution < 1.29 is 14.3 Å². The number of rotatable bonds is 5. The van der Waals surface area contributed by atoms with Gasteiger partial charge in [0.25, 0.3) is 0 Å². The van der Waals surface area contributed by atoms with E-state index >= 15 is 0 Å². The number of thioether (sulfide) groups is 1. The molecule has 0 fully saturated rings. The lowest BCUT2D eigenvalue weighted by atomic mass is 10.1. The molecule has 0 aliphatic carbocycles. The van der Waals surface area contributed by atoms with Gasteiger partial charge in [-0.15, -0.1) is 11.3 Å². The molecule has 2 aromatic carbocycles. The fourth-order valence-corrected chi connectivity index (χ4v) is 5.00. The number of nitrogens with zero attached hydrogens (tertiary/aromatic N) is 2. The van der Waals surface area contributed by atoms with Crippen LogP contribution < -0.4 is 14.8 Å². The number of amides is 1. The maximum atomic E-state index is 12.5. The van der Waals surface area contributed by atoms with Crippen LogP contribution >= 0.6 is 23.1 Å². The Morgan fingerprint density at radius 3 is 2.83 bits per heavy atom. The Morgan fingerprint density at radius 2 is 1.97 bits per heavy atom. The molecule has 0 radical (unpaired) electrons. The molecule has 0 atom stereocenters. The Morgan fingerprint density at radius 1 is 1.13 bits per heavy atom. The Kier molecular flexibility index (Phi) is 5.02. The molecule has 0 saturated carbocycles. The van der Waals surface area contributed by atoms with Gasteiger partial charge >= 0.3 is 0 Å². The topological polar surface area (TPSA) is 73.3 Å². The molecule has 0 spiro atoms. The zero-order valence-corrected chi connectivity index (χ0v) is 17.7. The fraction of sp³-hybridized carbons (Fsp3) is 0.136. The number of carbonyl (C=O) groups excluding carboxylic acids is 1. The molecule has 6 nitrogen and oxygen atoms in total. The highest BCUT2D eigenvalue weighted by Crippen LogP contribution is 2.38. The number of benzene rings is 2. The number of aryl methyl sites for hydroxylation is 1. The average Bonchev–Trinajstić information content (AvgIpc) is 3.40. The van der Waals surface area contributed by atoms with Gasteiger partial charge in [0, 0.05) is 22.7 Å². The van der Waals surface area contributed by atoms with Crippen molar-refractivity contribution >= 4 is 44.9 Å². The standard InChI is InChI=1S/C22H17N3O3S2/c1-13-2-4-14(5-3-13)16-9-29-21-20(16)22(24-11-23-21)30-10-19(26)25-15-6-7-17-18(8-15)28-12-27-17/h2-9,11H,10,12H2,1H3,(H,25,26). The van der Waals surface area contributed by atoms with Gasteiger partial charge < -0.3 is 14.8 Å². The number of hydrogen-bond donors (Lipinski definition) is 1. The first-order chi connectivity index (χ1) is 14.7. The van der Waals surface area contributed by atoms with Crippen LogP contribution in [0.4, 0.5) is 5.69 Å². The average molecular weight is 436 g/mol. The largest absolute Gasteiger partial charge is 0.454 e. The van der Waals surface area contributed by atoms with E-state index in [0.29, 0.717) is 17.2 Å². The maximum absolute atomic E-state index is 12.5. The number of thiophene rings is 1. The normalized spacial score (nSPS) is 12.3. The molecule has 1 aliphatic rings. The predicted octanol–water partition coefficient (Wildman–Crippen LogP) is 5.13. The number of ether oxygens (including phenoxy) is 2. The van der Waals surface area contributed by atoms with E-state index in [0.717, 1.165) is 26.4 Å². The minimum Gasteiger partial charge on any atom is -0.454 e. The molecule has 3 heterocycles. The van der Waals surface area contributed by atoms with Crippen molar-refractivity contribution in [3.05, 3.63) is 59.7 Å². The third-order valence-electron chi connectivity index (χ3n) is 4.69. The molecule has 0 bridgehead atoms. The third kappa shape index (κ3) is 3.71. The Balaban J connectivity index is 1.34. The minimum atomic E-state index is -0.113. The van der Waals surface area contributed by atoms with E-state index < -0.39 is 0 Å². The smallest absolute Gasteiger partial charge is 0.234 e. The molecule has 1 amide bonds. The summed E-state index contributed by atoms with van der Waals surface area (Å²) >= 11 is 2.99. The monoisotopic (exact) mass is 435 g/mol. The molecule has 5 rings (SSSR count). The summed E-state index contributed by atoms with van der Waals surface area (Å²) in [4.78, 5) is 22.3. The fourth-order valence-electron chi connectivity index (χ4n) is 3.21. The first kappa shape index (κ1) is 18.9. The first-order valence-corrected chi connectivity index (χ1v) is 11.2. The molecular weight excluding hydrogens is 418 g/mol. The molecule has 2 aromatic heterocycles. The highest BCUT2D eigenvalue weighted by Gasteiger charge is 2.16. The molecular formula is C22H17N3O3S2. The summed E-state index contributed by atoms with van der Waals surface area (Å²) in [6.45, 7) is 2.27. The van der Waals surface area contributed by atoms with E-state index in [4.69, 9.17) is 9.47 Å². The first-order valence-electron chi connectivity index (χ1n) is 9.29. The van der Waals surface area contributed by atoms with Gasteiger partial charge in [-0.05, 0) is 24.6 Å². The highest BCUT2D eigenvalue weighted by molar-refractivity contribution is 8.00. The Labute approximate surface area is 181 Å². The van der Waals surface area contributed by atoms with Crippen molar-refractivity contribution in [3.8, 4) is 22.6 Å². The molecule has 150 valence electrons. The SMILES string of the molecule is Cc1ccc(-c2csc3ncnc(SCC(=O)Nc4ccc5c(c4)OCO5)c23)cc1. The maximum Gasteiger partial charge on any atom is 0.234 e. The Bertz CT molecular complexity index is 1240. The van der Waals surface area contributed by atoms with E-state index in [9.17, 15) is 4.79 Å². The van der Waals surface area contributed by atoms with Crippen LogP contribution in [0.15, 0.2) is 59.2 Å². The lowest BCUT2D eigenvalue weighted by Crippen LogP contribution is -2.14. The van der Waals surface area contributed by atoms with E-state index in [-0.39, 0.29) is 18.5 Å². The van der Waals surface area contributed by atoms with Crippen LogP contribution in [0.3, 0.4) is 0 Å². The van der Waals surface area contributed by atoms with E-state index in [1.54, 1.807) is 35.9 Å². The second kappa shape index (κ2) is 7.97. The van der Waals surface area contributed by atoms with E-state index in [2.05, 4.69) is 51.9 Å². The Hall–Kier alpha value is -3.10. The van der Waals surface area contributed by atoms with Crippen molar-refractivity contribution in [2.45, 2.75) is 11.9 Å². The lowest BCUT2D eigenvalue weighted by Gasteiger charge is -2.07. The van der Waals surface area contributed by atoms with Gasteiger partial charge in [0.1, 0.15) is 16.2 Å². The number of hydrogen-bond acceptors (Lipinski definition) is 7. The number of nitrogens with one attached hydrogen (secondary N) is 1. The van der Waals surface area contributed by atoms with E-state index in [1.165, 1.54) is 17.3 Å². The molecule has 30 heavy (non-hydrogen) atoms. The number of anilines is 1. The van der Waals surface area contributed by atoms with Crippen molar-refractivity contribution in [2.24, 2.45) is 0 Å². The van der Waals surface area contributed by atoms with E-state index in [1.807, 2.05) is 0 Å². The number of fused-ring (bicyclic) bond motifs is 2. The van der Waals surface area contributed by atoms with Gasteiger partial charge in [0.2, 0.25) is 12.7 Å². The molecule has 8 heteroatoms. The summed E-state index contributed by atoms with van der Waals surface area (Å²) in [7, 11) is 0. The van der Waals surface area contributed by atoms with Gasteiger partial charge in [0.05, 0.1) is 11.1 Å². The summed E-state index contributed by atoms with van der Waals surface area (Å²) in [6, 6.07) is 13.7. The van der Waals surface area contributed by atoms with Crippen LogP contribution in [-0.2, 0) is 4.79 Å². The van der Waals surface area contributed by atoms with Crippen LogP contribution in [0.2, 0.25) is 0 Å². The molecule has 1 N–H and O–H groups in total. The van der Waals surface area contributed by atoms with Gasteiger partial charge in [-0.3, -0.25) is 4.79 Å². The number of aromatic nitrogens is 2. The van der Waals surface area contributed by atoms with Crippen LogP contribution in [0, 0.1) is 6.92 Å². The van der Waals surface area contributed by atoms with Gasteiger partial charge in [0.15, 0.2) is 11.5 Å². The van der Waals surface area contributed by atoms with Gasteiger partial charge in [-0.2, -0.15) is 0 Å². The van der Waals surface area contributed by atoms with Gasteiger partial charge in [-0.25, -0.2) is 9.97 Å². The molecule has 0 saturated heterocycles. The zero-order chi connectivity index (χ0) is 20.5. The zero-order valence-electron chi connectivity index (χ0n) is 16.0. The number of carbonyl (C=O) groups is 1. The van der Waals surface area contributed by atoms with Crippen LogP contribution in [0.1, 0.15) is 5.56 Å². The summed E-state index contributed by atoms with van der Waals surface area (Å²) in [5.74, 6) is 1.45. The van der Waals surface area contributed by atoms with Gasteiger partial charge in [-0.1, -0.05) is 41.6 Å². The summed E-state index contributed by atoms with van der Waals surface area (Å²) in [5.41, 5.74) is 4.10. The quantitative estimate of drug-likeness (QED) is 0.346. The third-order valence-corrected chi connectivity index (χ3v) is 6.57. The van der Waals surface area contributed by atoms with Crippen LogP contribution in [0.25, 0.3) is 21.3 Å².